The van der Waals surface area contributed by atoms with Crippen LogP contribution in [0.25, 0.3) is 5.65 Å². The van der Waals surface area contributed by atoms with Crippen molar-refractivity contribution in [3.63, 3.8) is 0 Å². The lowest BCUT2D eigenvalue weighted by atomic mass is 10.2. The van der Waals surface area contributed by atoms with Crippen LogP contribution in [0.2, 0.25) is 10.0 Å². The van der Waals surface area contributed by atoms with Gasteiger partial charge in [0.25, 0.3) is 0 Å². The van der Waals surface area contributed by atoms with E-state index in [0.29, 0.717) is 15.3 Å². The molecule has 0 aliphatic heterocycles. The molecule has 0 unspecified atom stereocenters. The van der Waals surface area contributed by atoms with Crippen molar-refractivity contribution in [2.45, 2.75) is 13.1 Å². The average Bonchev–Trinajstić information content (AvgIpc) is 3.01. The maximum absolute atomic E-state index is 13.3. The van der Waals surface area contributed by atoms with E-state index in [4.69, 9.17) is 38.5 Å². The van der Waals surface area contributed by atoms with Crippen molar-refractivity contribution >= 4 is 40.7 Å². The lowest BCUT2D eigenvalue weighted by Gasteiger charge is -2.09. The number of carbonyl (C=O) groups is 1. The second kappa shape index (κ2) is 8.00. The van der Waals surface area contributed by atoms with E-state index in [0.717, 1.165) is 6.07 Å². The van der Waals surface area contributed by atoms with Gasteiger partial charge in [-0.25, -0.2) is 14.3 Å². The molecule has 0 atom stereocenters. The molecule has 3 rings (SSSR count). The van der Waals surface area contributed by atoms with Crippen LogP contribution in [0, 0.1) is 6.92 Å². The van der Waals surface area contributed by atoms with E-state index >= 15 is 0 Å². The maximum atomic E-state index is 13.3. The molecule has 0 amide bonds. The van der Waals surface area contributed by atoms with Gasteiger partial charge in [0.1, 0.15) is 16.5 Å². The second-order valence-electron chi connectivity index (χ2n) is 5.88. The summed E-state index contributed by atoms with van der Waals surface area (Å²) in [5.41, 5.74) is 3.93. The summed E-state index contributed by atoms with van der Waals surface area (Å²) in [7, 11) is 1.38. The molecule has 0 radical (unpaired) electrons. The highest BCUT2D eigenvalue weighted by atomic mass is 35.5. The third-order valence-electron chi connectivity index (χ3n) is 3.81. The fraction of sp³-hybridized carbons (Fsp3) is 0.176. The highest BCUT2D eigenvalue weighted by molar-refractivity contribution is 6.36. The van der Waals surface area contributed by atoms with E-state index in [1.807, 2.05) is 0 Å². The van der Waals surface area contributed by atoms with Crippen molar-refractivity contribution in [2.75, 3.05) is 7.11 Å². The van der Waals surface area contributed by atoms with E-state index in [1.54, 1.807) is 6.07 Å². The van der Waals surface area contributed by atoms with Crippen LogP contribution in [0.4, 0.5) is 13.2 Å². The molecule has 2 aromatic heterocycles. The summed E-state index contributed by atoms with van der Waals surface area (Å²) in [5, 5.41) is 6.96. The molecule has 13 heteroatoms. The highest BCUT2D eigenvalue weighted by Gasteiger charge is 2.36. The van der Waals surface area contributed by atoms with E-state index in [9.17, 15) is 18.0 Å². The van der Waals surface area contributed by atoms with Gasteiger partial charge >= 0.3 is 12.1 Å². The number of alkyl halides is 3. The monoisotopic (exact) mass is 461 g/mol. The molecular formula is C17H12Cl2F3N5O3. The van der Waals surface area contributed by atoms with Gasteiger partial charge in [0.2, 0.25) is 0 Å². The number of methoxy groups -OCH3 is 1. The van der Waals surface area contributed by atoms with Gasteiger partial charge in [0.05, 0.1) is 12.7 Å². The Morgan fingerprint density at radius 2 is 1.97 bits per heavy atom. The van der Waals surface area contributed by atoms with E-state index in [-0.39, 0.29) is 22.7 Å². The van der Waals surface area contributed by atoms with Gasteiger partial charge in [-0.05, 0) is 31.2 Å². The summed E-state index contributed by atoms with van der Waals surface area (Å²) in [6.07, 6.45) is -4.76. The molecule has 158 valence electrons. The first-order valence-electron chi connectivity index (χ1n) is 8.04. The number of hydrogen-bond donors (Lipinski definition) is 1. The fourth-order valence-corrected chi connectivity index (χ4v) is 2.92. The number of nitrogens with two attached hydrogens (primary N) is 1. The number of oxime groups is 1. The number of aryl methyl sites for hydroxylation is 1. The minimum Gasteiger partial charge on any atom is -0.496 e. The zero-order valence-electron chi connectivity index (χ0n) is 15.3. The normalized spacial score (nSPS) is 12.3. The molecule has 0 saturated heterocycles. The van der Waals surface area contributed by atoms with Gasteiger partial charge < -0.3 is 15.3 Å². The summed E-state index contributed by atoms with van der Waals surface area (Å²) in [4.78, 5) is 20.9. The summed E-state index contributed by atoms with van der Waals surface area (Å²) in [6, 6.07) is 5.26. The summed E-state index contributed by atoms with van der Waals surface area (Å²) >= 11 is 11.9. The van der Waals surface area contributed by atoms with Gasteiger partial charge in [-0.15, -0.1) is 0 Å². The Balaban J connectivity index is 1.97. The van der Waals surface area contributed by atoms with Gasteiger partial charge in [-0.2, -0.15) is 18.3 Å². The van der Waals surface area contributed by atoms with Crippen LogP contribution in [0.15, 0.2) is 29.4 Å². The number of rotatable bonds is 4. The molecule has 0 aliphatic carbocycles. The average molecular weight is 462 g/mol. The van der Waals surface area contributed by atoms with E-state index in [2.05, 4.69) is 15.2 Å². The van der Waals surface area contributed by atoms with Crippen molar-refractivity contribution in [1.82, 2.24) is 14.6 Å². The standard InChI is InChI=1S/C17H12Cl2F3N5O3/c1-7-5-11(17(20,21)22)27-15(24-7)12(19)13(25-27)16(28)30-26-14(23)9-6-8(18)3-4-10(9)29-2/h3-6H,1-2H3,(H2,23,26). The lowest BCUT2D eigenvalue weighted by molar-refractivity contribution is -0.142. The number of amidine groups is 1. The Morgan fingerprint density at radius 1 is 1.27 bits per heavy atom. The fourth-order valence-electron chi connectivity index (χ4n) is 2.51. The molecule has 0 bridgehead atoms. The van der Waals surface area contributed by atoms with E-state index in [1.165, 1.54) is 26.2 Å². The minimum absolute atomic E-state index is 0.0341. The van der Waals surface area contributed by atoms with Crippen molar-refractivity contribution in [3.05, 3.63) is 57.0 Å². The van der Waals surface area contributed by atoms with Gasteiger partial charge in [-0.1, -0.05) is 28.4 Å². The highest BCUT2D eigenvalue weighted by Crippen LogP contribution is 2.32. The number of aromatic nitrogens is 3. The SMILES string of the molecule is COc1ccc(Cl)cc1/C(N)=N/OC(=O)c1nn2c(C(F)(F)F)cc(C)nc2c1Cl. The molecule has 8 nitrogen and oxygen atoms in total. The van der Waals surface area contributed by atoms with Crippen LogP contribution in [0.5, 0.6) is 5.75 Å². The first-order valence-corrected chi connectivity index (χ1v) is 8.80. The molecule has 0 spiro atoms. The molecule has 0 aliphatic rings. The molecule has 30 heavy (non-hydrogen) atoms. The number of ether oxygens (including phenoxy) is 1. The predicted octanol–water partition coefficient (Wildman–Crippen LogP) is 3.85. The van der Waals surface area contributed by atoms with Crippen LogP contribution >= 0.6 is 23.2 Å². The second-order valence-corrected chi connectivity index (χ2v) is 6.69. The number of carbonyl (C=O) groups excluding carboxylic acids is 1. The molecule has 1 aromatic carbocycles. The third-order valence-corrected chi connectivity index (χ3v) is 4.39. The Kier molecular flexibility index (Phi) is 5.77. The van der Waals surface area contributed by atoms with Gasteiger partial charge in [0.15, 0.2) is 17.2 Å². The van der Waals surface area contributed by atoms with Crippen LogP contribution < -0.4 is 10.5 Å². The molecule has 0 fully saturated rings. The number of benzene rings is 1. The summed E-state index contributed by atoms with van der Waals surface area (Å²) in [5.74, 6) is -1.20. The Bertz CT molecular complexity index is 1180. The van der Waals surface area contributed by atoms with Crippen molar-refractivity contribution in [3.8, 4) is 5.75 Å². The van der Waals surface area contributed by atoms with Gasteiger partial charge in [0, 0.05) is 10.7 Å². The Labute approximate surface area is 177 Å². The minimum atomic E-state index is -4.76. The molecule has 2 heterocycles. The summed E-state index contributed by atoms with van der Waals surface area (Å²) in [6.45, 7) is 1.35. The Hall–Kier alpha value is -3.05. The maximum Gasteiger partial charge on any atom is 0.433 e. The van der Waals surface area contributed by atoms with Gasteiger partial charge in [-0.3, -0.25) is 0 Å². The molecular weight excluding hydrogens is 450 g/mol. The number of nitrogens with zero attached hydrogens (tertiary/aromatic N) is 4. The lowest BCUT2D eigenvalue weighted by Crippen LogP contribution is -2.17. The van der Waals surface area contributed by atoms with Crippen LogP contribution in [0.3, 0.4) is 0 Å². The quantitative estimate of drug-likeness (QED) is 0.274. The topological polar surface area (TPSA) is 104 Å². The van der Waals surface area contributed by atoms with Crippen LogP contribution in [-0.2, 0) is 11.0 Å². The van der Waals surface area contributed by atoms with Crippen LogP contribution in [0.1, 0.15) is 27.4 Å². The zero-order chi connectivity index (χ0) is 22.2. The smallest absolute Gasteiger partial charge is 0.433 e. The number of hydrogen-bond acceptors (Lipinski definition) is 6. The van der Waals surface area contributed by atoms with E-state index < -0.39 is 28.6 Å². The predicted molar refractivity (Wildman–Crippen MR) is 102 cm³/mol. The van der Waals surface area contributed by atoms with Crippen LogP contribution in [-0.4, -0.2) is 33.5 Å². The van der Waals surface area contributed by atoms with Crippen molar-refractivity contribution in [2.24, 2.45) is 10.9 Å². The van der Waals surface area contributed by atoms with Crippen molar-refractivity contribution < 1.29 is 27.5 Å². The molecule has 3 aromatic rings. The zero-order valence-corrected chi connectivity index (χ0v) is 16.8. The Morgan fingerprint density at radius 3 is 2.60 bits per heavy atom. The molecule has 0 saturated carbocycles. The first kappa shape index (κ1) is 21.7. The first-order chi connectivity index (χ1) is 14.0. The molecule has 2 N–H and O–H groups in total. The van der Waals surface area contributed by atoms with Crippen molar-refractivity contribution in [1.29, 1.82) is 0 Å². The number of fused-ring (bicyclic) bond motifs is 1. The number of halogens is 5. The summed E-state index contributed by atoms with van der Waals surface area (Å²) < 4.78 is 45.4. The third kappa shape index (κ3) is 4.12. The largest absolute Gasteiger partial charge is 0.496 e.